The van der Waals surface area contributed by atoms with Gasteiger partial charge in [-0.1, -0.05) is 71.4 Å². The zero-order valence-corrected chi connectivity index (χ0v) is 39.9. The van der Waals surface area contributed by atoms with Gasteiger partial charge in [-0.15, -0.1) is 0 Å². The lowest BCUT2D eigenvalue weighted by Gasteiger charge is -2.40. The third-order valence-electron chi connectivity index (χ3n) is 12.3. The van der Waals surface area contributed by atoms with Crippen LogP contribution in [0, 0.1) is 23.7 Å². The number of nitrogens with one attached hydrogen (secondary N) is 1. The number of amides is 5. The van der Waals surface area contributed by atoms with Crippen molar-refractivity contribution in [3.8, 4) is 0 Å². The predicted molar refractivity (Wildman–Crippen MR) is 243 cm³/mol. The smallest absolute Gasteiger partial charge is 0.253 e. The van der Waals surface area contributed by atoms with Crippen LogP contribution in [0.3, 0.4) is 0 Å². The number of aliphatic imine (C=N–C) groups is 1. The minimum atomic E-state index is -0.676. The Bertz CT molecular complexity index is 1710. The summed E-state index contributed by atoms with van der Waals surface area (Å²) in [5.74, 6) is -2.22. The molecule has 0 aliphatic carbocycles. The Hall–Kier alpha value is -4.67. The van der Waals surface area contributed by atoms with Crippen molar-refractivity contribution in [1.29, 1.82) is 0 Å². The average Bonchev–Trinajstić information content (AvgIpc) is 3.86. The van der Waals surface area contributed by atoms with Gasteiger partial charge in [0, 0.05) is 93.0 Å². The second-order valence-electron chi connectivity index (χ2n) is 17.6. The Morgan fingerprint density at radius 1 is 0.889 bits per heavy atom. The van der Waals surface area contributed by atoms with Crippen LogP contribution in [0.15, 0.2) is 47.5 Å². The SMILES string of the molecule is CC[C@H](C)[C@@H]([C@@H](CC(=O)N1CCC[C@H]1[C@H](OC)[C@@H](C)C(=O)C[C@@H](Cc1ccccc1)C(=O)NCCOCCN1C(=O)C=CC1=O)OC)N(C)C(=O)[C@@H](N=C(N(C)C)N(C)C)C(C)C. The van der Waals surface area contributed by atoms with Crippen molar-refractivity contribution in [2.24, 2.45) is 28.7 Å². The van der Waals surface area contributed by atoms with E-state index in [4.69, 9.17) is 19.2 Å². The molecule has 1 saturated heterocycles. The second-order valence-corrected chi connectivity index (χ2v) is 17.6. The minimum Gasteiger partial charge on any atom is -0.379 e. The van der Waals surface area contributed by atoms with Crippen LogP contribution in [0.4, 0.5) is 0 Å². The predicted octanol–water partition coefficient (Wildman–Crippen LogP) is 3.29. The van der Waals surface area contributed by atoms with E-state index in [2.05, 4.69) is 19.2 Å². The van der Waals surface area contributed by atoms with Gasteiger partial charge in [-0.25, -0.2) is 4.99 Å². The summed E-state index contributed by atoms with van der Waals surface area (Å²) in [6.45, 7) is 11.0. The molecule has 0 aromatic heterocycles. The number of carbonyl (C=O) groups excluding carboxylic acids is 6. The third kappa shape index (κ3) is 14.7. The number of ketones is 1. The van der Waals surface area contributed by atoms with Crippen LogP contribution in [0.25, 0.3) is 0 Å². The van der Waals surface area contributed by atoms with Crippen molar-refractivity contribution >= 4 is 41.3 Å². The van der Waals surface area contributed by atoms with E-state index < -0.39 is 36.1 Å². The van der Waals surface area contributed by atoms with Crippen LogP contribution in [0.5, 0.6) is 0 Å². The molecular formula is C47H75N7O9. The van der Waals surface area contributed by atoms with Gasteiger partial charge in [-0.05, 0) is 36.7 Å². The summed E-state index contributed by atoms with van der Waals surface area (Å²) >= 11 is 0. The number of Topliss-reactive ketones (excluding diaryl/α,β-unsaturated/α-hetero) is 1. The number of rotatable bonds is 25. The van der Waals surface area contributed by atoms with Gasteiger partial charge < -0.3 is 39.1 Å². The second kappa shape index (κ2) is 25.6. The Kier molecular flexibility index (Phi) is 21.4. The molecule has 3 rings (SSSR count). The van der Waals surface area contributed by atoms with E-state index in [1.807, 2.05) is 82.2 Å². The highest BCUT2D eigenvalue weighted by Gasteiger charge is 2.43. The van der Waals surface area contributed by atoms with Gasteiger partial charge in [0.05, 0.1) is 50.5 Å². The van der Waals surface area contributed by atoms with E-state index in [0.717, 1.165) is 23.3 Å². The summed E-state index contributed by atoms with van der Waals surface area (Å²) in [4.78, 5) is 93.4. The highest BCUT2D eigenvalue weighted by Crippen LogP contribution is 2.31. The number of benzene rings is 1. The summed E-state index contributed by atoms with van der Waals surface area (Å²) < 4.78 is 17.7. The fraction of sp³-hybridized carbons (Fsp3) is 0.681. The Labute approximate surface area is 375 Å². The van der Waals surface area contributed by atoms with Crippen LogP contribution >= 0.6 is 0 Å². The van der Waals surface area contributed by atoms with Crippen LogP contribution in [0.1, 0.15) is 72.3 Å². The molecule has 0 spiro atoms. The van der Waals surface area contributed by atoms with Gasteiger partial charge in [-0.3, -0.25) is 33.7 Å². The number of imide groups is 1. The minimum absolute atomic E-state index is 0.000552. The van der Waals surface area contributed by atoms with Gasteiger partial charge in [0.2, 0.25) is 17.7 Å². The van der Waals surface area contributed by atoms with Crippen LogP contribution in [-0.4, -0.2) is 178 Å². The first-order valence-corrected chi connectivity index (χ1v) is 22.4. The number of likely N-dealkylation sites (tertiary alicyclic amines) is 1. The highest BCUT2D eigenvalue weighted by molar-refractivity contribution is 6.12. The third-order valence-corrected chi connectivity index (χ3v) is 12.3. The Morgan fingerprint density at radius 3 is 2.08 bits per heavy atom. The van der Waals surface area contributed by atoms with Crippen LogP contribution < -0.4 is 5.32 Å². The van der Waals surface area contributed by atoms with Crippen molar-refractivity contribution in [3.05, 3.63) is 48.0 Å². The molecule has 0 unspecified atom stereocenters. The molecule has 352 valence electrons. The summed E-state index contributed by atoms with van der Waals surface area (Å²) in [5.41, 5.74) is 0.911. The van der Waals surface area contributed by atoms with Gasteiger partial charge in [0.1, 0.15) is 11.8 Å². The zero-order valence-electron chi connectivity index (χ0n) is 39.9. The number of nitrogens with zero attached hydrogens (tertiary/aromatic N) is 6. The lowest BCUT2D eigenvalue weighted by atomic mass is 9.85. The molecule has 8 atom stereocenters. The average molecular weight is 882 g/mol. The van der Waals surface area contributed by atoms with Crippen molar-refractivity contribution in [3.63, 3.8) is 0 Å². The molecule has 1 N–H and O–H groups in total. The summed E-state index contributed by atoms with van der Waals surface area (Å²) in [5, 5.41) is 2.90. The van der Waals surface area contributed by atoms with Gasteiger partial charge in [0.15, 0.2) is 5.96 Å². The number of hydrogen-bond donors (Lipinski definition) is 1. The van der Waals surface area contributed by atoms with Crippen LogP contribution in [0.2, 0.25) is 0 Å². The van der Waals surface area contributed by atoms with E-state index in [-0.39, 0.29) is 92.3 Å². The first-order valence-electron chi connectivity index (χ1n) is 22.4. The van der Waals surface area contributed by atoms with E-state index >= 15 is 0 Å². The molecule has 1 aromatic carbocycles. The molecular weight excluding hydrogens is 807 g/mol. The molecule has 0 saturated carbocycles. The molecule has 63 heavy (non-hydrogen) atoms. The number of guanidine groups is 1. The lowest BCUT2D eigenvalue weighted by molar-refractivity contribution is -0.146. The van der Waals surface area contributed by atoms with Crippen LogP contribution in [-0.2, 0) is 49.4 Å². The number of hydrogen-bond acceptors (Lipinski definition) is 10. The molecule has 0 bridgehead atoms. The molecule has 2 aliphatic heterocycles. The van der Waals surface area contributed by atoms with Gasteiger partial charge in [-0.2, -0.15) is 0 Å². The number of ether oxygens (including phenoxy) is 3. The summed E-state index contributed by atoms with van der Waals surface area (Å²) in [6, 6.07) is 8.06. The fourth-order valence-electron chi connectivity index (χ4n) is 8.68. The topological polar surface area (TPSA) is 171 Å². The lowest BCUT2D eigenvalue weighted by Crippen LogP contribution is -2.55. The van der Waals surface area contributed by atoms with Crippen molar-refractivity contribution in [2.45, 2.75) is 103 Å². The molecule has 1 fully saturated rings. The van der Waals surface area contributed by atoms with E-state index in [9.17, 15) is 28.8 Å². The number of carbonyl (C=O) groups is 6. The Balaban J connectivity index is 1.73. The molecule has 2 heterocycles. The van der Waals surface area contributed by atoms with E-state index in [0.29, 0.717) is 25.3 Å². The zero-order chi connectivity index (χ0) is 47.0. The fourth-order valence-corrected chi connectivity index (χ4v) is 8.68. The number of methoxy groups -OCH3 is 2. The first-order chi connectivity index (χ1) is 29.9. The Morgan fingerprint density at radius 2 is 1.52 bits per heavy atom. The largest absolute Gasteiger partial charge is 0.379 e. The van der Waals surface area contributed by atoms with E-state index in [1.165, 1.54) is 12.2 Å². The van der Waals surface area contributed by atoms with Gasteiger partial charge in [0.25, 0.3) is 11.8 Å². The standard InChI is InChI=1S/C47H75N7O9/c1-13-32(4)43(52(10)46(60)42(31(2)3)49-47(50(6)7)51(8)9)38(61-11)30-41(58)53-24-17-20-36(53)44(62-12)33(5)37(55)29-35(28-34-18-15-14-16-19-34)45(59)48-23-26-63-27-25-54-39(56)21-22-40(54)57/h14-16,18-19,21-22,31-33,35-36,38,42-44H,13,17,20,23-30H2,1-12H3,(H,48,59)/t32-,33-,35+,36-,38+,42-,43-,44+/m0/s1. The first kappa shape index (κ1) is 52.7. The molecule has 5 amide bonds. The van der Waals surface area contributed by atoms with Crippen molar-refractivity contribution < 1.29 is 43.0 Å². The summed E-state index contributed by atoms with van der Waals surface area (Å²) in [7, 11) is 12.5. The molecule has 1 aromatic rings. The molecule has 2 aliphatic rings. The highest BCUT2D eigenvalue weighted by atomic mass is 16.5. The summed E-state index contributed by atoms with van der Waals surface area (Å²) in [6.07, 6.45) is 3.67. The number of likely N-dealkylation sites (N-methyl/N-ethyl adjacent to an activating group) is 1. The molecule has 0 radical (unpaired) electrons. The van der Waals surface area contributed by atoms with Crippen molar-refractivity contribution in [1.82, 2.24) is 29.8 Å². The van der Waals surface area contributed by atoms with Gasteiger partial charge >= 0.3 is 0 Å². The monoisotopic (exact) mass is 882 g/mol. The molecule has 16 heteroatoms. The molecule has 16 nitrogen and oxygen atoms in total. The van der Waals surface area contributed by atoms with E-state index in [1.54, 1.807) is 38.0 Å². The maximum atomic E-state index is 14.4. The van der Waals surface area contributed by atoms with Crippen molar-refractivity contribution in [2.75, 3.05) is 82.3 Å². The maximum absolute atomic E-state index is 14.4. The quantitative estimate of drug-likeness (QED) is 0.0662. The maximum Gasteiger partial charge on any atom is 0.253 e. The normalized spacial score (nSPS) is 18.4.